The molecule has 0 fully saturated rings. The molecule has 0 unspecified atom stereocenters. The van der Waals surface area contributed by atoms with Gasteiger partial charge in [-0.3, -0.25) is 4.79 Å². The van der Waals surface area contributed by atoms with Gasteiger partial charge in [-0.2, -0.15) is 0 Å². The zero-order valence-corrected chi connectivity index (χ0v) is 14.2. The van der Waals surface area contributed by atoms with Crippen molar-refractivity contribution in [3.05, 3.63) is 59.7 Å². The van der Waals surface area contributed by atoms with E-state index in [1.54, 1.807) is 38.3 Å². The molecule has 2 aromatic carbocycles. The van der Waals surface area contributed by atoms with E-state index < -0.39 is 5.60 Å². The van der Waals surface area contributed by atoms with Crippen molar-refractivity contribution in [2.45, 2.75) is 18.9 Å². The molecule has 0 saturated carbocycles. The summed E-state index contributed by atoms with van der Waals surface area (Å²) < 4.78 is 10.3. The number of hydrogen-bond acceptors (Lipinski definition) is 4. The van der Waals surface area contributed by atoms with Gasteiger partial charge in [-0.05, 0) is 36.8 Å². The van der Waals surface area contributed by atoms with E-state index >= 15 is 0 Å². The fourth-order valence-electron chi connectivity index (χ4n) is 2.44. The summed E-state index contributed by atoms with van der Waals surface area (Å²) in [5, 5.41) is 13.3. The lowest BCUT2D eigenvalue weighted by molar-refractivity contribution is 0.0551. The normalized spacial score (nSPS) is 13.0. The molecule has 0 saturated heterocycles. The van der Waals surface area contributed by atoms with Crippen molar-refractivity contribution in [1.29, 1.82) is 0 Å². The van der Waals surface area contributed by atoms with Gasteiger partial charge in [0.2, 0.25) is 0 Å². The summed E-state index contributed by atoms with van der Waals surface area (Å²) in [4.78, 5) is 12.3. The van der Waals surface area contributed by atoms with Crippen molar-refractivity contribution in [2.75, 3.05) is 20.8 Å². The molecule has 1 atom stereocenters. The Morgan fingerprint density at radius 3 is 2.38 bits per heavy atom. The van der Waals surface area contributed by atoms with Crippen molar-refractivity contribution in [2.24, 2.45) is 0 Å². The van der Waals surface area contributed by atoms with Gasteiger partial charge in [0.15, 0.2) is 0 Å². The zero-order valence-electron chi connectivity index (χ0n) is 14.2. The summed E-state index contributed by atoms with van der Waals surface area (Å²) >= 11 is 0. The number of ether oxygens (including phenoxy) is 2. The zero-order chi connectivity index (χ0) is 17.6. The third-order valence-corrected chi connectivity index (χ3v) is 3.73. The Hall–Kier alpha value is -2.53. The topological polar surface area (TPSA) is 67.8 Å². The van der Waals surface area contributed by atoms with Gasteiger partial charge in [-0.1, -0.05) is 24.3 Å². The SMILES string of the molecule is COc1ccc(C[C@@](C)(O)CNC(=O)c2ccccc2OC)cc1. The minimum absolute atomic E-state index is 0.135. The van der Waals surface area contributed by atoms with E-state index in [1.165, 1.54) is 7.11 Å². The molecule has 0 aliphatic carbocycles. The molecule has 0 aliphatic heterocycles. The van der Waals surface area contributed by atoms with Gasteiger partial charge in [0.25, 0.3) is 5.91 Å². The fourth-order valence-corrected chi connectivity index (χ4v) is 2.44. The number of nitrogens with one attached hydrogen (secondary N) is 1. The second-order valence-corrected chi connectivity index (χ2v) is 5.90. The van der Waals surface area contributed by atoms with Gasteiger partial charge in [0, 0.05) is 13.0 Å². The second kappa shape index (κ2) is 7.84. The van der Waals surface area contributed by atoms with Crippen LogP contribution in [0, 0.1) is 0 Å². The van der Waals surface area contributed by atoms with Crippen LogP contribution >= 0.6 is 0 Å². The molecular weight excluding hydrogens is 306 g/mol. The average Bonchev–Trinajstić information content (AvgIpc) is 2.60. The third-order valence-electron chi connectivity index (χ3n) is 3.73. The number of carbonyl (C=O) groups excluding carboxylic acids is 1. The molecule has 1 amide bonds. The second-order valence-electron chi connectivity index (χ2n) is 5.90. The number of benzene rings is 2. The molecule has 0 aliphatic rings. The van der Waals surface area contributed by atoms with Gasteiger partial charge < -0.3 is 19.9 Å². The van der Waals surface area contributed by atoms with E-state index in [0.29, 0.717) is 17.7 Å². The first-order chi connectivity index (χ1) is 11.4. The van der Waals surface area contributed by atoms with Crippen molar-refractivity contribution >= 4 is 5.91 Å². The van der Waals surface area contributed by atoms with E-state index in [4.69, 9.17) is 9.47 Å². The lowest BCUT2D eigenvalue weighted by Crippen LogP contribution is -2.42. The predicted molar refractivity (Wildman–Crippen MR) is 92.6 cm³/mol. The van der Waals surface area contributed by atoms with E-state index in [0.717, 1.165) is 11.3 Å². The van der Waals surface area contributed by atoms with Crippen LogP contribution in [0.5, 0.6) is 11.5 Å². The minimum atomic E-state index is -1.06. The van der Waals surface area contributed by atoms with Gasteiger partial charge in [-0.25, -0.2) is 0 Å². The molecule has 24 heavy (non-hydrogen) atoms. The maximum absolute atomic E-state index is 12.3. The molecule has 128 valence electrons. The van der Waals surface area contributed by atoms with E-state index in [9.17, 15) is 9.90 Å². The van der Waals surface area contributed by atoms with Crippen molar-refractivity contribution in [3.63, 3.8) is 0 Å². The lowest BCUT2D eigenvalue weighted by Gasteiger charge is -2.24. The van der Waals surface area contributed by atoms with Crippen LogP contribution in [0.2, 0.25) is 0 Å². The Morgan fingerprint density at radius 1 is 1.08 bits per heavy atom. The van der Waals surface area contributed by atoms with E-state index in [1.807, 2.05) is 24.3 Å². The Labute approximate surface area is 142 Å². The lowest BCUT2D eigenvalue weighted by atomic mass is 9.96. The van der Waals surface area contributed by atoms with Crippen LogP contribution < -0.4 is 14.8 Å². The van der Waals surface area contributed by atoms with Crippen LogP contribution in [0.15, 0.2) is 48.5 Å². The Balaban J connectivity index is 1.97. The molecule has 0 radical (unpaired) electrons. The van der Waals surface area contributed by atoms with Gasteiger partial charge >= 0.3 is 0 Å². The summed E-state index contributed by atoms with van der Waals surface area (Å²) in [7, 11) is 3.13. The van der Waals surface area contributed by atoms with Gasteiger partial charge in [0.05, 0.1) is 25.4 Å². The highest BCUT2D eigenvalue weighted by Gasteiger charge is 2.23. The number of hydrogen-bond donors (Lipinski definition) is 2. The summed E-state index contributed by atoms with van der Waals surface area (Å²) in [5.74, 6) is 0.995. The largest absolute Gasteiger partial charge is 0.497 e. The van der Waals surface area contributed by atoms with Crippen LogP contribution in [-0.4, -0.2) is 37.4 Å². The Kier molecular flexibility index (Phi) is 5.82. The van der Waals surface area contributed by atoms with E-state index in [-0.39, 0.29) is 12.5 Å². The average molecular weight is 329 g/mol. The number of rotatable bonds is 7. The molecule has 0 bridgehead atoms. The fraction of sp³-hybridized carbons (Fsp3) is 0.316. The van der Waals surface area contributed by atoms with Gasteiger partial charge in [0.1, 0.15) is 11.5 Å². The highest BCUT2D eigenvalue weighted by atomic mass is 16.5. The molecule has 0 heterocycles. The van der Waals surface area contributed by atoms with Crippen LogP contribution in [0.3, 0.4) is 0 Å². The number of aliphatic hydroxyl groups is 1. The molecule has 0 aromatic heterocycles. The standard InChI is InChI=1S/C19H23NO4/c1-19(22,12-14-8-10-15(23-2)11-9-14)13-20-18(21)16-6-4-5-7-17(16)24-3/h4-11,22H,12-13H2,1-3H3,(H,20,21)/t19-/m1/s1. The minimum Gasteiger partial charge on any atom is -0.497 e. The quantitative estimate of drug-likeness (QED) is 0.819. The van der Waals surface area contributed by atoms with Crippen LogP contribution in [0.1, 0.15) is 22.8 Å². The summed E-state index contributed by atoms with van der Waals surface area (Å²) in [5.41, 5.74) is 0.347. The van der Waals surface area contributed by atoms with E-state index in [2.05, 4.69) is 5.32 Å². The van der Waals surface area contributed by atoms with Crippen molar-refractivity contribution in [3.8, 4) is 11.5 Å². The Morgan fingerprint density at radius 2 is 1.75 bits per heavy atom. The summed E-state index contributed by atoms with van der Waals surface area (Å²) in [6.07, 6.45) is 0.420. The highest BCUT2D eigenvalue weighted by Crippen LogP contribution is 2.19. The molecule has 2 N–H and O–H groups in total. The summed E-state index contributed by atoms with van der Waals surface area (Å²) in [6, 6.07) is 14.5. The number of carbonyl (C=O) groups is 1. The first-order valence-electron chi connectivity index (χ1n) is 7.72. The monoisotopic (exact) mass is 329 g/mol. The van der Waals surface area contributed by atoms with Crippen LogP contribution in [0.25, 0.3) is 0 Å². The first-order valence-corrected chi connectivity index (χ1v) is 7.72. The molecular formula is C19H23NO4. The van der Waals surface area contributed by atoms with Crippen molar-refractivity contribution in [1.82, 2.24) is 5.32 Å². The molecule has 2 rings (SSSR count). The van der Waals surface area contributed by atoms with Crippen LogP contribution in [0.4, 0.5) is 0 Å². The maximum Gasteiger partial charge on any atom is 0.255 e. The summed E-state index contributed by atoms with van der Waals surface area (Å²) in [6.45, 7) is 1.83. The third kappa shape index (κ3) is 4.73. The van der Waals surface area contributed by atoms with Crippen molar-refractivity contribution < 1.29 is 19.4 Å². The predicted octanol–water partition coefficient (Wildman–Crippen LogP) is 2.43. The smallest absolute Gasteiger partial charge is 0.255 e. The van der Waals surface area contributed by atoms with Crippen LogP contribution in [-0.2, 0) is 6.42 Å². The molecule has 5 heteroatoms. The highest BCUT2D eigenvalue weighted by molar-refractivity contribution is 5.96. The molecule has 0 spiro atoms. The first kappa shape index (κ1) is 17.8. The number of para-hydroxylation sites is 1. The van der Waals surface area contributed by atoms with Gasteiger partial charge in [-0.15, -0.1) is 0 Å². The molecule has 2 aromatic rings. The molecule has 5 nitrogen and oxygen atoms in total. The maximum atomic E-state index is 12.3. The Bertz CT molecular complexity index is 680. The number of amides is 1. The number of methoxy groups -OCH3 is 2.